The third kappa shape index (κ3) is 7.20. The van der Waals surface area contributed by atoms with Crippen LogP contribution in [0.15, 0.2) is 58.8 Å². The highest BCUT2D eigenvalue weighted by Crippen LogP contribution is 2.40. The highest BCUT2D eigenvalue weighted by molar-refractivity contribution is 7.89. The van der Waals surface area contributed by atoms with Gasteiger partial charge in [0.2, 0.25) is 10.0 Å². The van der Waals surface area contributed by atoms with E-state index in [1.54, 1.807) is 18.4 Å². The smallest absolute Gasteiger partial charge is 0.357 e. The molecule has 4 aromatic rings. The van der Waals surface area contributed by atoms with Crippen LogP contribution in [0.25, 0.3) is 21.8 Å². The van der Waals surface area contributed by atoms with E-state index in [0.717, 1.165) is 67.0 Å². The lowest BCUT2D eigenvalue weighted by atomic mass is 9.99. The molecule has 6 rings (SSSR count). The molecule has 1 aliphatic heterocycles. The van der Waals surface area contributed by atoms with Crippen molar-refractivity contribution in [1.82, 2.24) is 14.5 Å². The number of hydrogen-bond acceptors (Lipinski definition) is 7. The zero-order chi connectivity index (χ0) is 31.7. The van der Waals surface area contributed by atoms with Crippen LogP contribution in [-0.4, -0.2) is 55.6 Å². The van der Waals surface area contributed by atoms with Crippen LogP contribution in [0, 0.1) is 29.5 Å². The Balaban J connectivity index is 1.46. The first-order valence-corrected chi connectivity index (χ1v) is 17.5. The van der Waals surface area contributed by atoms with Crippen molar-refractivity contribution < 1.29 is 22.3 Å². The molecule has 234 valence electrons. The first-order chi connectivity index (χ1) is 21.6. The van der Waals surface area contributed by atoms with Crippen LogP contribution in [-0.2, 0) is 27.7 Å². The lowest BCUT2D eigenvalue weighted by Crippen LogP contribution is -2.14. The van der Waals surface area contributed by atoms with Gasteiger partial charge in [-0.1, -0.05) is 30.0 Å². The largest absolute Gasteiger partial charge is 0.461 e. The van der Waals surface area contributed by atoms with E-state index in [0.29, 0.717) is 28.8 Å². The second-order valence-electron chi connectivity index (χ2n) is 11.8. The fourth-order valence-electron chi connectivity index (χ4n) is 5.74. The van der Waals surface area contributed by atoms with Gasteiger partial charge in [0.1, 0.15) is 15.7 Å². The summed E-state index contributed by atoms with van der Waals surface area (Å²) in [5, 5.41) is 7.61. The Labute approximate surface area is 267 Å². The van der Waals surface area contributed by atoms with Gasteiger partial charge in [0.05, 0.1) is 12.3 Å². The molecule has 2 N–H and O–H groups in total. The van der Waals surface area contributed by atoms with Gasteiger partial charge < -0.3 is 14.2 Å². The van der Waals surface area contributed by atoms with Crippen molar-refractivity contribution in [2.45, 2.75) is 44.0 Å². The predicted octanol–water partition coefficient (Wildman–Crippen LogP) is 5.55. The number of aromatic nitrogens is 2. The standard InChI is InChI=1S/C34H35FN4O4S2/c1-3-43-34(40)29-21-44-33(37-29)31-18-27(26-6-4-5-22(15-26)7-8-24-13-14-38(2)19-24)30(39(31)20-23-9-10-23)17-25-11-12-32(28(35)16-25)45(36,41)42/h4-6,11-12,15-16,18,21,23-24H,3,9-10,13-14,17,19-20H2,1-2H3,(H2,36,41,42). The van der Waals surface area contributed by atoms with E-state index in [1.807, 2.05) is 18.2 Å². The summed E-state index contributed by atoms with van der Waals surface area (Å²) in [6.45, 7) is 4.77. The number of ether oxygens (including phenoxy) is 1. The van der Waals surface area contributed by atoms with Crippen LogP contribution < -0.4 is 5.14 Å². The van der Waals surface area contributed by atoms with Crippen LogP contribution in [0.1, 0.15) is 53.5 Å². The number of hydrogen-bond donors (Lipinski definition) is 1. The molecule has 1 unspecified atom stereocenters. The van der Waals surface area contributed by atoms with Crippen LogP contribution >= 0.6 is 11.3 Å². The van der Waals surface area contributed by atoms with E-state index < -0.39 is 26.7 Å². The molecule has 3 heterocycles. The molecular formula is C34H35FN4O4S2. The van der Waals surface area contributed by atoms with Crippen molar-refractivity contribution in [3.05, 3.63) is 82.2 Å². The average Bonchev–Trinajstić information content (AvgIpc) is 3.34. The Morgan fingerprint density at radius 2 is 2.00 bits per heavy atom. The van der Waals surface area contributed by atoms with E-state index >= 15 is 0 Å². The maximum Gasteiger partial charge on any atom is 0.357 e. The number of sulfonamides is 1. The first-order valence-electron chi connectivity index (χ1n) is 15.1. The number of likely N-dealkylation sites (tertiary alicyclic amines) is 1. The van der Waals surface area contributed by atoms with E-state index in [4.69, 9.17) is 9.88 Å². The molecule has 0 amide bonds. The minimum absolute atomic E-state index is 0.259. The minimum atomic E-state index is -4.19. The Kier molecular flexibility index (Phi) is 8.93. The molecule has 0 radical (unpaired) electrons. The summed E-state index contributed by atoms with van der Waals surface area (Å²) in [7, 11) is -2.08. The van der Waals surface area contributed by atoms with Gasteiger partial charge in [0, 0.05) is 47.6 Å². The van der Waals surface area contributed by atoms with Crippen molar-refractivity contribution in [2.24, 2.45) is 17.0 Å². The maximum atomic E-state index is 15.0. The van der Waals surface area contributed by atoms with Crippen LogP contribution in [0.3, 0.4) is 0 Å². The molecule has 45 heavy (non-hydrogen) atoms. The molecule has 2 aliphatic rings. The number of carbonyl (C=O) groups excluding carboxylic acids is 1. The summed E-state index contributed by atoms with van der Waals surface area (Å²) in [6.07, 6.45) is 3.61. The number of nitrogens with zero attached hydrogens (tertiary/aromatic N) is 3. The number of rotatable bonds is 9. The molecular weight excluding hydrogens is 612 g/mol. The van der Waals surface area contributed by atoms with Gasteiger partial charge in [0.15, 0.2) is 5.69 Å². The van der Waals surface area contributed by atoms with Gasteiger partial charge in [-0.05, 0) is 87.2 Å². The lowest BCUT2D eigenvalue weighted by molar-refractivity contribution is 0.0520. The maximum absolute atomic E-state index is 15.0. The van der Waals surface area contributed by atoms with E-state index in [1.165, 1.54) is 23.5 Å². The Morgan fingerprint density at radius 1 is 1.18 bits per heavy atom. The summed E-state index contributed by atoms with van der Waals surface area (Å²) in [5.74, 6) is 6.30. The fourth-order valence-corrected chi connectivity index (χ4v) is 7.15. The molecule has 2 fully saturated rings. The number of thiazole rings is 1. The number of carbonyl (C=O) groups is 1. The van der Waals surface area contributed by atoms with Crippen LogP contribution in [0.2, 0.25) is 0 Å². The molecule has 2 aromatic heterocycles. The second-order valence-corrected chi connectivity index (χ2v) is 14.2. The molecule has 1 saturated heterocycles. The molecule has 11 heteroatoms. The molecule has 1 saturated carbocycles. The topological polar surface area (TPSA) is 108 Å². The monoisotopic (exact) mass is 646 g/mol. The molecule has 0 spiro atoms. The third-order valence-corrected chi connectivity index (χ3v) is 10.0. The van der Waals surface area contributed by atoms with E-state index in [9.17, 15) is 17.6 Å². The number of nitrogens with two attached hydrogens (primary N) is 1. The summed E-state index contributed by atoms with van der Waals surface area (Å²) in [4.78, 5) is 18.9. The quantitative estimate of drug-likeness (QED) is 0.189. The minimum Gasteiger partial charge on any atom is -0.461 e. The Morgan fingerprint density at radius 3 is 2.69 bits per heavy atom. The van der Waals surface area contributed by atoms with Gasteiger partial charge in [-0.3, -0.25) is 0 Å². The summed E-state index contributed by atoms with van der Waals surface area (Å²) >= 11 is 1.38. The normalized spacial score (nSPS) is 16.8. The van der Waals surface area contributed by atoms with E-state index in [2.05, 4.69) is 45.5 Å². The van der Waals surface area contributed by atoms with Gasteiger partial charge in [-0.2, -0.15) is 0 Å². The Hall–Kier alpha value is -3.82. The highest BCUT2D eigenvalue weighted by atomic mass is 32.2. The van der Waals surface area contributed by atoms with Crippen molar-refractivity contribution in [3.8, 4) is 33.7 Å². The number of esters is 1. The lowest BCUT2D eigenvalue weighted by Gasteiger charge is -2.15. The zero-order valence-corrected chi connectivity index (χ0v) is 26.9. The fraction of sp³-hybridized carbons (Fsp3) is 0.353. The van der Waals surface area contributed by atoms with Crippen LogP contribution in [0.4, 0.5) is 4.39 Å². The van der Waals surface area contributed by atoms with Crippen molar-refractivity contribution >= 4 is 27.3 Å². The van der Waals surface area contributed by atoms with Crippen molar-refractivity contribution in [1.29, 1.82) is 0 Å². The second kappa shape index (κ2) is 12.9. The van der Waals surface area contributed by atoms with Crippen molar-refractivity contribution in [3.63, 3.8) is 0 Å². The predicted molar refractivity (Wildman–Crippen MR) is 173 cm³/mol. The Bertz CT molecular complexity index is 1920. The molecule has 2 aromatic carbocycles. The highest BCUT2D eigenvalue weighted by Gasteiger charge is 2.28. The molecule has 1 atom stereocenters. The molecule has 0 bridgehead atoms. The van der Waals surface area contributed by atoms with E-state index in [-0.39, 0.29) is 12.3 Å². The van der Waals surface area contributed by atoms with Crippen molar-refractivity contribution in [2.75, 3.05) is 26.7 Å². The first kappa shape index (κ1) is 31.2. The average molecular weight is 647 g/mol. The number of primary sulfonamides is 1. The SMILES string of the molecule is CCOC(=O)c1csc(-c2cc(-c3cccc(C#CC4CCN(C)C4)c3)c(Cc3ccc(S(N)(=O)=O)c(F)c3)n2CC2CC2)n1. The van der Waals surface area contributed by atoms with Gasteiger partial charge >= 0.3 is 5.97 Å². The molecule has 1 aliphatic carbocycles. The van der Waals surface area contributed by atoms with Gasteiger partial charge in [0.25, 0.3) is 0 Å². The summed E-state index contributed by atoms with van der Waals surface area (Å²) in [5.41, 5.74) is 5.48. The summed E-state index contributed by atoms with van der Waals surface area (Å²) < 4.78 is 46.1. The van der Waals surface area contributed by atoms with Crippen LogP contribution in [0.5, 0.6) is 0 Å². The summed E-state index contributed by atoms with van der Waals surface area (Å²) in [6, 6.07) is 14.2. The molecule has 8 nitrogen and oxygen atoms in total. The van der Waals surface area contributed by atoms with Gasteiger partial charge in [-0.25, -0.2) is 27.7 Å². The third-order valence-electron chi connectivity index (χ3n) is 8.21. The van der Waals surface area contributed by atoms with Gasteiger partial charge in [-0.15, -0.1) is 11.3 Å². The zero-order valence-electron chi connectivity index (χ0n) is 25.3. The number of benzene rings is 2. The number of halogens is 1.